The van der Waals surface area contributed by atoms with Gasteiger partial charge in [-0.05, 0) is 49.4 Å². The van der Waals surface area contributed by atoms with E-state index < -0.39 is 12.1 Å². The minimum Gasteiger partial charge on any atom is -0.449 e. The van der Waals surface area contributed by atoms with Gasteiger partial charge in [0.05, 0.1) is 11.4 Å². The largest absolute Gasteiger partial charge is 0.449 e. The van der Waals surface area contributed by atoms with Crippen LogP contribution in [0.5, 0.6) is 0 Å². The Balaban J connectivity index is 1.45. The molecule has 0 spiro atoms. The van der Waals surface area contributed by atoms with Gasteiger partial charge in [-0.2, -0.15) is 0 Å². The molecule has 1 amide bonds. The molecule has 0 bridgehead atoms. The van der Waals surface area contributed by atoms with Gasteiger partial charge in [0.2, 0.25) is 5.76 Å². The van der Waals surface area contributed by atoms with E-state index in [1.165, 1.54) is 12.5 Å². The van der Waals surface area contributed by atoms with E-state index in [1.807, 2.05) is 18.2 Å². The first-order valence-electron chi connectivity index (χ1n) is 9.65. The summed E-state index contributed by atoms with van der Waals surface area (Å²) in [6.07, 6.45) is 1.79. The highest BCUT2D eigenvalue weighted by Crippen LogP contribution is 2.29. The SMILES string of the molecule is C[C@@H](OC(=O)c1cc(=O)c2ccccc2o1)C(=O)N[C@@H]1CCCc2ccccc21. The van der Waals surface area contributed by atoms with Crippen molar-refractivity contribution in [1.29, 1.82) is 0 Å². The lowest BCUT2D eigenvalue weighted by Crippen LogP contribution is -2.39. The molecule has 0 radical (unpaired) electrons. The Morgan fingerprint density at radius 1 is 1.14 bits per heavy atom. The van der Waals surface area contributed by atoms with Crippen LogP contribution in [0.1, 0.15) is 47.5 Å². The van der Waals surface area contributed by atoms with Crippen molar-refractivity contribution in [3.05, 3.63) is 81.7 Å². The van der Waals surface area contributed by atoms with Crippen LogP contribution in [-0.2, 0) is 16.0 Å². The molecule has 2 aromatic carbocycles. The van der Waals surface area contributed by atoms with Gasteiger partial charge in [-0.1, -0.05) is 36.4 Å². The van der Waals surface area contributed by atoms with E-state index in [0.29, 0.717) is 11.0 Å². The molecule has 0 saturated carbocycles. The fraction of sp³-hybridized carbons (Fsp3) is 0.261. The first kappa shape index (κ1) is 18.9. The quantitative estimate of drug-likeness (QED) is 0.688. The minimum absolute atomic E-state index is 0.104. The first-order valence-corrected chi connectivity index (χ1v) is 9.65. The summed E-state index contributed by atoms with van der Waals surface area (Å²) in [5.41, 5.74) is 2.29. The molecule has 0 fully saturated rings. The molecule has 4 rings (SSSR count). The normalized spacial score (nSPS) is 16.7. The van der Waals surface area contributed by atoms with Gasteiger partial charge in [0.25, 0.3) is 5.91 Å². The smallest absolute Gasteiger partial charge is 0.375 e. The lowest BCUT2D eigenvalue weighted by atomic mass is 9.87. The molecular formula is C23H21NO5. The van der Waals surface area contributed by atoms with Crippen LogP contribution in [0, 0.1) is 0 Å². The summed E-state index contributed by atoms with van der Waals surface area (Å²) in [6.45, 7) is 1.50. The van der Waals surface area contributed by atoms with E-state index in [1.54, 1.807) is 24.3 Å². The Morgan fingerprint density at radius 3 is 2.76 bits per heavy atom. The predicted octanol–water partition coefficient (Wildman–Crippen LogP) is 3.53. The van der Waals surface area contributed by atoms with E-state index in [2.05, 4.69) is 11.4 Å². The molecule has 2 atom stereocenters. The van der Waals surface area contributed by atoms with Gasteiger partial charge in [0.15, 0.2) is 11.5 Å². The van der Waals surface area contributed by atoms with Gasteiger partial charge in [-0.25, -0.2) is 4.79 Å². The maximum atomic E-state index is 12.6. The maximum absolute atomic E-state index is 12.6. The molecule has 1 N–H and O–H groups in total. The summed E-state index contributed by atoms with van der Waals surface area (Å²) in [7, 11) is 0. The fourth-order valence-corrected chi connectivity index (χ4v) is 3.67. The van der Waals surface area contributed by atoms with Crippen LogP contribution in [0.25, 0.3) is 11.0 Å². The molecule has 1 aliphatic carbocycles. The number of hydrogen-bond donors (Lipinski definition) is 1. The molecular weight excluding hydrogens is 370 g/mol. The lowest BCUT2D eigenvalue weighted by Gasteiger charge is -2.27. The Bertz CT molecular complexity index is 1130. The van der Waals surface area contributed by atoms with Gasteiger partial charge in [0, 0.05) is 6.07 Å². The van der Waals surface area contributed by atoms with Crippen LogP contribution in [0.2, 0.25) is 0 Å². The molecule has 1 aromatic heterocycles. The topological polar surface area (TPSA) is 85.6 Å². The Kier molecular flexibility index (Phi) is 5.16. The summed E-state index contributed by atoms with van der Waals surface area (Å²) in [6, 6.07) is 15.7. The molecule has 29 heavy (non-hydrogen) atoms. The number of ether oxygens (including phenoxy) is 1. The summed E-state index contributed by atoms with van der Waals surface area (Å²) < 4.78 is 10.7. The van der Waals surface area contributed by atoms with Gasteiger partial charge in [-0.15, -0.1) is 0 Å². The zero-order valence-electron chi connectivity index (χ0n) is 16.0. The highest BCUT2D eigenvalue weighted by molar-refractivity contribution is 5.91. The number of esters is 1. The lowest BCUT2D eigenvalue weighted by molar-refractivity contribution is -0.130. The number of carbonyl (C=O) groups excluding carboxylic acids is 2. The number of nitrogens with one attached hydrogen (secondary N) is 1. The van der Waals surface area contributed by atoms with Gasteiger partial charge >= 0.3 is 5.97 Å². The third kappa shape index (κ3) is 3.92. The number of aryl methyl sites for hydroxylation is 1. The Labute approximate surface area is 167 Å². The second kappa shape index (κ2) is 7.91. The average molecular weight is 391 g/mol. The second-order valence-corrected chi connectivity index (χ2v) is 7.17. The van der Waals surface area contributed by atoms with Crippen molar-refractivity contribution in [2.24, 2.45) is 0 Å². The number of hydrogen-bond acceptors (Lipinski definition) is 5. The van der Waals surface area contributed by atoms with Crippen molar-refractivity contribution in [3.8, 4) is 0 Å². The summed E-state index contributed by atoms with van der Waals surface area (Å²) >= 11 is 0. The van der Waals surface area contributed by atoms with Crippen LogP contribution in [0.4, 0.5) is 0 Å². The zero-order valence-corrected chi connectivity index (χ0v) is 16.0. The van der Waals surface area contributed by atoms with E-state index >= 15 is 0 Å². The van der Waals surface area contributed by atoms with E-state index in [9.17, 15) is 14.4 Å². The average Bonchev–Trinajstić information content (AvgIpc) is 2.74. The molecule has 0 saturated heterocycles. The number of fused-ring (bicyclic) bond motifs is 2. The molecule has 3 aromatic rings. The second-order valence-electron chi connectivity index (χ2n) is 7.17. The van der Waals surface area contributed by atoms with Crippen molar-refractivity contribution in [2.75, 3.05) is 0 Å². The predicted molar refractivity (Wildman–Crippen MR) is 108 cm³/mol. The van der Waals surface area contributed by atoms with Crippen LogP contribution < -0.4 is 10.7 Å². The highest BCUT2D eigenvalue weighted by Gasteiger charge is 2.26. The molecule has 1 aliphatic rings. The zero-order chi connectivity index (χ0) is 20.4. The summed E-state index contributed by atoms with van der Waals surface area (Å²) in [5, 5.41) is 3.34. The Hall–Kier alpha value is -3.41. The van der Waals surface area contributed by atoms with Crippen LogP contribution in [0.3, 0.4) is 0 Å². The number of rotatable bonds is 4. The standard InChI is InChI=1S/C23H21NO5/c1-14(22(26)24-18-11-6-8-15-7-2-3-9-16(15)18)28-23(27)21-13-19(25)17-10-4-5-12-20(17)29-21/h2-5,7,9-10,12-14,18H,6,8,11H2,1H3,(H,24,26)/t14-,18-/m1/s1. The minimum atomic E-state index is -1.02. The van der Waals surface area contributed by atoms with Crippen molar-refractivity contribution in [3.63, 3.8) is 0 Å². The summed E-state index contributed by atoms with van der Waals surface area (Å²) in [4.78, 5) is 37.2. The van der Waals surface area contributed by atoms with Crippen LogP contribution in [-0.4, -0.2) is 18.0 Å². The van der Waals surface area contributed by atoms with Gasteiger partial charge < -0.3 is 14.5 Å². The Morgan fingerprint density at radius 2 is 1.90 bits per heavy atom. The van der Waals surface area contributed by atoms with E-state index in [-0.39, 0.29) is 23.1 Å². The molecule has 148 valence electrons. The van der Waals surface area contributed by atoms with Gasteiger partial charge in [0.1, 0.15) is 5.58 Å². The third-order valence-electron chi connectivity index (χ3n) is 5.17. The number of benzene rings is 2. The molecule has 6 nitrogen and oxygen atoms in total. The maximum Gasteiger partial charge on any atom is 0.375 e. The number of para-hydroxylation sites is 1. The molecule has 6 heteroatoms. The first-order chi connectivity index (χ1) is 14.0. The summed E-state index contributed by atoms with van der Waals surface area (Å²) in [5.74, 6) is -1.46. The number of amides is 1. The molecule has 0 unspecified atom stereocenters. The molecule has 1 heterocycles. The van der Waals surface area contributed by atoms with Crippen molar-refractivity contribution in [1.82, 2.24) is 5.32 Å². The number of carbonyl (C=O) groups is 2. The van der Waals surface area contributed by atoms with Crippen molar-refractivity contribution in [2.45, 2.75) is 38.3 Å². The van der Waals surface area contributed by atoms with E-state index in [0.717, 1.165) is 30.9 Å². The highest BCUT2D eigenvalue weighted by atomic mass is 16.6. The fourth-order valence-electron chi connectivity index (χ4n) is 3.67. The van der Waals surface area contributed by atoms with Crippen molar-refractivity contribution < 1.29 is 18.7 Å². The van der Waals surface area contributed by atoms with Gasteiger partial charge in [-0.3, -0.25) is 9.59 Å². The van der Waals surface area contributed by atoms with Crippen LogP contribution >= 0.6 is 0 Å². The van der Waals surface area contributed by atoms with E-state index in [4.69, 9.17) is 9.15 Å². The monoisotopic (exact) mass is 391 g/mol. The third-order valence-corrected chi connectivity index (χ3v) is 5.17. The molecule has 0 aliphatic heterocycles. The van der Waals surface area contributed by atoms with Crippen molar-refractivity contribution >= 4 is 22.8 Å². The van der Waals surface area contributed by atoms with Crippen LogP contribution in [0.15, 0.2) is 63.8 Å².